The first-order chi connectivity index (χ1) is 16.0. The van der Waals surface area contributed by atoms with Crippen LogP contribution >= 0.6 is 0 Å². The molecule has 0 aliphatic carbocycles. The van der Waals surface area contributed by atoms with Gasteiger partial charge in [-0.15, -0.1) is 0 Å². The van der Waals surface area contributed by atoms with E-state index in [4.69, 9.17) is 4.42 Å². The quantitative estimate of drug-likeness (QED) is 0.405. The first-order valence-corrected chi connectivity index (χ1v) is 10.1. The maximum Gasteiger partial charge on any atom is 0.291 e. The fourth-order valence-electron chi connectivity index (χ4n) is 3.08. The van der Waals surface area contributed by atoms with Crippen molar-refractivity contribution in [2.45, 2.75) is 6.92 Å². The average molecular weight is 443 g/mol. The van der Waals surface area contributed by atoms with Gasteiger partial charge in [0.25, 0.3) is 11.8 Å². The van der Waals surface area contributed by atoms with Crippen LogP contribution in [0.5, 0.6) is 0 Å². The van der Waals surface area contributed by atoms with Crippen LogP contribution in [-0.4, -0.2) is 34.0 Å². The minimum Gasteiger partial charge on any atom is -0.459 e. The van der Waals surface area contributed by atoms with Gasteiger partial charge in [0, 0.05) is 29.3 Å². The number of hydrogen-bond acceptors (Lipinski definition) is 5. The maximum absolute atomic E-state index is 12.5. The molecule has 0 bridgehead atoms. The Balaban J connectivity index is 1.32. The second kappa shape index (κ2) is 9.65. The van der Waals surface area contributed by atoms with E-state index in [1.54, 1.807) is 53.3 Å². The number of benzene rings is 2. The number of nitrogens with one attached hydrogen (secondary N) is 3. The minimum absolute atomic E-state index is 0.165. The van der Waals surface area contributed by atoms with Gasteiger partial charge in [-0.3, -0.25) is 14.4 Å². The van der Waals surface area contributed by atoms with Gasteiger partial charge in [0.05, 0.1) is 18.5 Å². The third-order valence-electron chi connectivity index (χ3n) is 4.82. The van der Waals surface area contributed by atoms with Gasteiger partial charge in [-0.1, -0.05) is 6.07 Å². The third kappa shape index (κ3) is 5.34. The highest BCUT2D eigenvalue weighted by atomic mass is 16.3. The summed E-state index contributed by atoms with van der Waals surface area (Å²) in [5.41, 5.74) is 3.03. The van der Waals surface area contributed by atoms with Crippen molar-refractivity contribution in [1.29, 1.82) is 0 Å². The summed E-state index contributed by atoms with van der Waals surface area (Å²) in [5.74, 6) is -1.06. The molecule has 4 aromatic rings. The van der Waals surface area contributed by atoms with Gasteiger partial charge in [-0.05, 0) is 67.1 Å². The monoisotopic (exact) mass is 443 g/mol. The van der Waals surface area contributed by atoms with Crippen molar-refractivity contribution in [1.82, 2.24) is 15.1 Å². The Morgan fingerprint density at radius 1 is 0.970 bits per heavy atom. The van der Waals surface area contributed by atoms with Gasteiger partial charge in [-0.25, -0.2) is 4.68 Å². The molecular formula is C24H21N5O4. The lowest BCUT2D eigenvalue weighted by Crippen LogP contribution is -2.32. The normalized spacial score (nSPS) is 10.5. The fourth-order valence-corrected chi connectivity index (χ4v) is 3.08. The molecule has 0 saturated heterocycles. The molecule has 0 saturated carbocycles. The lowest BCUT2D eigenvalue weighted by Gasteiger charge is -2.11. The van der Waals surface area contributed by atoms with E-state index in [0.29, 0.717) is 16.9 Å². The van der Waals surface area contributed by atoms with E-state index in [9.17, 15) is 14.4 Å². The summed E-state index contributed by atoms with van der Waals surface area (Å²) in [6.07, 6.45) is 4.91. The van der Waals surface area contributed by atoms with Crippen LogP contribution in [0.15, 0.2) is 83.7 Å². The zero-order valence-electron chi connectivity index (χ0n) is 17.7. The molecule has 0 unspecified atom stereocenters. The van der Waals surface area contributed by atoms with Crippen molar-refractivity contribution < 1.29 is 18.8 Å². The second-order valence-corrected chi connectivity index (χ2v) is 7.19. The van der Waals surface area contributed by atoms with Crippen molar-refractivity contribution in [3.05, 3.63) is 96.2 Å². The lowest BCUT2D eigenvalue weighted by atomic mass is 10.1. The summed E-state index contributed by atoms with van der Waals surface area (Å²) in [6.45, 7) is 1.60. The third-order valence-corrected chi connectivity index (χ3v) is 4.82. The topological polar surface area (TPSA) is 118 Å². The molecule has 3 N–H and O–H groups in total. The van der Waals surface area contributed by atoms with Crippen LogP contribution in [0, 0.1) is 6.92 Å². The van der Waals surface area contributed by atoms with E-state index in [1.165, 1.54) is 6.26 Å². The average Bonchev–Trinajstić information content (AvgIpc) is 3.54. The van der Waals surface area contributed by atoms with Crippen LogP contribution in [0.4, 0.5) is 11.4 Å². The smallest absolute Gasteiger partial charge is 0.291 e. The molecule has 33 heavy (non-hydrogen) atoms. The van der Waals surface area contributed by atoms with E-state index in [2.05, 4.69) is 21.0 Å². The zero-order chi connectivity index (χ0) is 23.2. The molecule has 2 heterocycles. The summed E-state index contributed by atoms with van der Waals surface area (Å²) >= 11 is 0. The molecule has 0 aliphatic heterocycles. The molecule has 9 heteroatoms. The first-order valence-electron chi connectivity index (χ1n) is 10.1. The molecule has 166 valence electrons. The number of rotatable bonds is 7. The van der Waals surface area contributed by atoms with Crippen LogP contribution in [0.25, 0.3) is 5.69 Å². The number of aryl methyl sites for hydroxylation is 1. The van der Waals surface area contributed by atoms with E-state index in [1.807, 2.05) is 31.3 Å². The molecule has 3 amide bonds. The van der Waals surface area contributed by atoms with Crippen molar-refractivity contribution in [3.63, 3.8) is 0 Å². The van der Waals surface area contributed by atoms with Gasteiger partial charge in [0.1, 0.15) is 0 Å². The maximum atomic E-state index is 12.5. The Kier molecular flexibility index (Phi) is 6.31. The second-order valence-electron chi connectivity index (χ2n) is 7.19. The number of carbonyl (C=O) groups excluding carboxylic acids is 3. The molecule has 0 radical (unpaired) electrons. The number of nitrogens with zero attached hydrogens (tertiary/aromatic N) is 2. The fraction of sp³-hybridized carbons (Fsp3) is 0.0833. The summed E-state index contributed by atoms with van der Waals surface area (Å²) in [7, 11) is 0. The molecule has 0 atom stereocenters. The molecule has 2 aromatic carbocycles. The number of hydrogen-bond donors (Lipinski definition) is 3. The van der Waals surface area contributed by atoms with Crippen molar-refractivity contribution in [3.8, 4) is 5.69 Å². The van der Waals surface area contributed by atoms with E-state index >= 15 is 0 Å². The molecule has 0 aliphatic rings. The first kappa shape index (κ1) is 21.6. The molecular weight excluding hydrogens is 422 g/mol. The molecule has 2 aromatic heterocycles. The molecule has 0 fully saturated rings. The van der Waals surface area contributed by atoms with Crippen molar-refractivity contribution >= 4 is 29.1 Å². The SMILES string of the molecule is Cc1ccc(C(=O)NCC(=O)Nc2ccc(-n3cccn3)cc2)cc1NC(=O)c1ccco1. The molecule has 9 nitrogen and oxygen atoms in total. The number of carbonyl (C=O) groups is 3. The van der Waals surface area contributed by atoms with Crippen molar-refractivity contribution in [2.24, 2.45) is 0 Å². The van der Waals surface area contributed by atoms with Gasteiger partial charge in [0.15, 0.2) is 5.76 Å². The van der Waals surface area contributed by atoms with Gasteiger partial charge >= 0.3 is 0 Å². The Bertz CT molecular complexity index is 1260. The van der Waals surface area contributed by atoms with E-state index < -0.39 is 11.8 Å². The summed E-state index contributed by atoms with van der Waals surface area (Å²) in [6, 6.07) is 17.0. The Hall–Kier alpha value is -4.66. The molecule has 4 rings (SSSR count). The Morgan fingerprint density at radius 2 is 1.79 bits per heavy atom. The largest absolute Gasteiger partial charge is 0.459 e. The number of aromatic nitrogens is 2. The van der Waals surface area contributed by atoms with Crippen molar-refractivity contribution in [2.75, 3.05) is 17.2 Å². The Morgan fingerprint density at radius 3 is 2.48 bits per heavy atom. The summed E-state index contributed by atoms with van der Waals surface area (Å²) < 4.78 is 6.79. The van der Waals surface area contributed by atoms with Crippen LogP contribution in [0.1, 0.15) is 26.5 Å². The predicted octanol–water partition coefficient (Wildman–Crippen LogP) is 3.39. The summed E-state index contributed by atoms with van der Waals surface area (Å²) in [4.78, 5) is 37.0. The Labute approximate surface area is 189 Å². The predicted molar refractivity (Wildman–Crippen MR) is 122 cm³/mol. The van der Waals surface area contributed by atoms with Gasteiger partial charge in [0.2, 0.25) is 5.91 Å². The highest BCUT2D eigenvalue weighted by Gasteiger charge is 2.14. The zero-order valence-corrected chi connectivity index (χ0v) is 17.7. The van der Waals surface area contributed by atoms with Gasteiger partial charge < -0.3 is 20.4 Å². The lowest BCUT2D eigenvalue weighted by molar-refractivity contribution is -0.115. The summed E-state index contributed by atoms with van der Waals surface area (Å²) in [5, 5.41) is 12.2. The van der Waals surface area contributed by atoms with Crippen LogP contribution in [0.3, 0.4) is 0 Å². The molecule has 0 spiro atoms. The standard InChI is InChI=1S/C24H21N5O4/c1-16-5-6-17(14-20(16)28-24(32)21-4-2-13-33-21)23(31)25-15-22(30)27-18-7-9-19(10-8-18)29-12-3-11-26-29/h2-14H,15H2,1H3,(H,25,31)(H,27,30)(H,28,32). The van der Waals surface area contributed by atoms with Crippen LogP contribution in [-0.2, 0) is 4.79 Å². The highest BCUT2D eigenvalue weighted by Crippen LogP contribution is 2.18. The minimum atomic E-state index is -0.437. The van der Waals surface area contributed by atoms with Crippen LogP contribution in [0.2, 0.25) is 0 Å². The number of amides is 3. The van der Waals surface area contributed by atoms with E-state index in [0.717, 1.165) is 11.3 Å². The highest BCUT2D eigenvalue weighted by molar-refractivity contribution is 6.04. The number of anilines is 2. The van der Waals surface area contributed by atoms with Crippen LogP contribution < -0.4 is 16.0 Å². The van der Waals surface area contributed by atoms with Gasteiger partial charge in [-0.2, -0.15) is 5.10 Å². The van der Waals surface area contributed by atoms with E-state index in [-0.39, 0.29) is 18.2 Å². The number of furan rings is 1.